The minimum absolute atomic E-state index is 0.0864. The second kappa shape index (κ2) is 8.17. The van der Waals surface area contributed by atoms with E-state index in [1.54, 1.807) is 6.20 Å². The molecule has 0 bridgehead atoms. The molecule has 2 aromatic heterocycles. The molecule has 0 radical (unpaired) electrons. The number of hydrogen-bond acceptors (Lipinski definition) is 3. The molecule has 148 valence electrons. The fraction of sp³-hybridized carbons (Fsp3) is 0.500. The first-order chi connectivity index (χ1) is 13.6. The fourth-order valence-corrected chi connectivity index (χ4v) is 4.21. The molecule has 1 atom stereocenters. The summed E-state index contributed by atoms with van der Waals surface area (Å²) in [6.45, 7) is 6.99. The summed E-state index contributed by atoms with van der Waals surface area (Å²) in [7, 11) is 0. The summed E-state index contributed by atoms with van der Waals surface area (Å²) < 4.78 is 4.22. The molecule has 3 aromatic rings. The highest BCUT2D eigenvalue weighted by Gasteiger charge is 2.33. The lowest BCUT2D eigenvalue weighted by molar-refractivity contribution is -0.132. The smallest absolute Gasteiger partial charge is 0.223 e. The van der Waals surface area contributed by atoms with Crippen molar-refractivity contribution in [2.24, 2.45) is 5.92 Å². The number of hydrogen-bond donors (Lipinski definition) is 0. The predicted octanol–water partition coefficient (Wildman–Crippen LogP) is 4.03. The van der Waals surface area contributed by atoms with E-state index >= 15 is 0 Å². The number of nitrogens with zero attached hydrogens (tertiary/aromatic N) is 5. The lowest BCUT2D eigenvalue weighted by atomic mass is 10.1. The zero-order valence-electron chi connectivity index (χ0n) is 16.8. The van der Waals surface area contributed by atoms with Gasteiger partial charge in [-0.25, -0.2) is 4.98 Å². The third-order valence-corrected chi connectivity index (χ3v) is 5.44. The third kappa shape index (κ3) is 3.81. The Morgan fingerprint density at radius 1 is 1.25 bits per heavy atom. The van der Waals surface area contributed by atoms with Crippen LogP contribution in [0.5, 0.6) is 0 Å². The van der Waals surface area contributed by atoms with Crippen LogP contribution in [0.25, 0.3) is 11.0 Å². The van der Waals surface area contributed by atoms with Crippen LogP contribution in [0.4, 0.5) is 0 Å². The van der Waals surface area contributed by atoms with Crippen molar-refractivity contribution in [3.05, 3.63) is 48.5 Å². The van der Waals surface area contributed by atoms with Gasteiger partial charge in [0.1, 0.15) is 5.82 Å². The molecule has 0 N–H and O–H groups in total. The highest BCUT2D eigenvalue weighted by Crippen LogP contribution is 2.34. The first-order valence-electron chi connectivity index (χ1n) is 10.4. The van der Waals surface area contributed by atoms with Crippen molar-refractivity contribution < 1.29 is 4.79 Å². The third-order valence-electron chi connectivity index (χ3n) is 5.44. The number of para-hydroxylation sites is 2. The average molecular weight is 380 g/mol. The normalized spacial score (nSPS) is 17.1. The van der Waals surface area contributed by atoms with E-state index in [1.165, 1.54) is 5.52 Å². The number of fused-ring (bicyclic) bond motifs is 1. The number of likely N-dealkylation sites (tertiary alicyclic amines) is 1. The number of rotatable bonds is 7. The van der Waals surface area contributed by atoms with E-state index in [-0.39, 0.29) is 11.9 Å². The van der Waals surface area contributed by atoms with Crippen LogP contribution in [0.15, 0.2) is 42.7 Å². The summed E-state index contributed by atoms with van der Waals surface area (Å²) in [5, 5.41) is 4.21. The number of carbonyl (C=O) groups excluding carboxylic acids is 1. The second-order valence-electron chi connectivity index (χ2n) is 8.08. The van der Waals surface area contributed by atoms with Gasteiger partial charge in [-0.2, -0.15) is 5.10 Å². The molecule has 3 heterocycles. The summed E-state index contributed by atoms with van der Waals surface area (Å²) >= 11 is 0. The minimum Gasteiger partial charge on any atom is -0.333 e. The molecular weight excluding hydrogens is 350 g/mol. The average Bonchev–Trinajstić information content (AvgIpc) is 3.41. The van der Waals surface area contributed by atoms with Crippen molar-refractivity contribution in [2.75, 3.05) is 6.54 Å². The molecule has 1 amide bonds. The van der Waals surface area contributed by atoms with E-state index in [1.807, 2.05) is 23.0 Å². The molecule has 0 aliphatic carbocycles. The Morgan fingerprint density at radius 3 is 2.89 bits per heavy atom. The minimum atomic E-state index is 0.0864. The quantitative estimate of drug-likeness (QED) is 0.623. The molecular formula is C22H29N5O. The van der Waals surface area contributed by atoms with Crippen molar-refractivity contribution in [3.63, 3.8) is 0 Å². The zero-order chi connectivity index (χ0) is 19.5. The van der Waals surface area contributed by atoms with E-state index in [0.717, 1.165) is 50.2 Å². The van der Waals surface area contributed by atoms with Crippen LogP contribution in [0.2, 0.25) is 0 Å². The fourth-order valence-electron chi connectivity index (χ4n) is 4.21. The van der Waals surface area contributed by atoms with E-state index in [9.17, 15) is 4.79 Å². The maximum Gasteiger partial charge on any atom is 0.223 e. The van der Waals surface area contributed by atoms with Gasteiger partial charge >= 0.3 is 0 Å². The Morgan fingerprint density at radius 2 is 2.11 bits per heavy atom. The van der Waals surface area contributed by atoms with Gasteiger partial charge in [0.25, 0.3) is 0 Å². The Labute approximate surface area is 166 Å². The van der Waals surface area contributed by atoms with Crippen LogP contribution in [0.1, 0.15) is 51.4 Å². The van der Waals surface area contributed by atoms with Gasteiger partial charge < -0.3 is 9.47 Å². The maximum absolute atomic E-state index is 13.0. The number of benzene rings is 1. The van der Waals surface area contributed by atoms with E-state index in [0.29, 0.717) is 12.3 Å². The van der Waals surface area contributed by atoms with Gasteiger partial charge in [0.2, 0.25) is 5.91 Å². The van der Waals surface area contributed by atoms with E-state index in [2.05, 4.69) is 46.6 Å². The van der Waals surface area contributed by atoms with Crippen LogP contribution in [0, 0.1) is 5.92 Å². The van der Waals surface area contributed by atoms with Crippen molar-refractivity contribution in [1.29, 1.82) is 0 Å². The molecule has 0 saturated carbocycles. The second-order valence-corrected chi connectivity index (χ2v) is 8.08. The molecule has 1 fully saturated rings. The number of aromatic nitrogens is 4. The van der Waals surface area contributed by atoms with Gasteiger partial charge in [-0.1, -0.05) is 26.0 Å². The highest BCUT2D eigenvalue weighted by atomic mass is 16.2. The van der Waals surface area contributed by atoms with Gasteiger partial charge in [0.15, 0.2) is 0 Å². The van der Waals surface area contributed by atoms with Crippen LogP contribution >= 0.6 is 0 Å². The highest BCUT2D eigenvalue weighted by molar-refractivity contribution is 5.78. The van der Waals surface area contributed by atoms with Crippen molar-refractivity contribution in [2.45, 2.75) is 58.7 Å². The number of amides is 1. The molecule has 1 aliphatic rings. The van der Waals surface area contributed by atoms with Crippen molar-refractivity contribution in [3.8, 4) is 0 Å². The molecule has 6 nitrogen and oxygen atoms in total. The first kappa shape index (κ1) is 18.7. The molecule has 4 rings (SSSR count). The lowest BCUT2D eigenvalue weighted by Gasteiger charge is -2.25. The number of aryl methyl sites for hydroxylation is 1. The maximum atomic E-state index is 13.0. The van der Waals surface area contributed by atoms with Crippen LogP contribution in [-0.4, -0.2) is 36.7 Å². The Kier molecular flexibility index (Phi) is 5.46. The SMILES string of the molecule is CC(C)Cn1c([C@@H]2CCCN2C(=O)CCCn2cccn2)nc2ccccc21. The monoisotopic (exact) mass is 379 g/mol. The lowest BCUT2D eigenvalue weighted by Crippen LogP contribution is -2.32. The molecule has 1 aliphatic heterocycles. The zero-order valence-corrected chi connectivity index (χ0v) is 16.8. The van der Waals surface area contributed by atoms with Crippen molar-refractivity contribution >= 4 is 16.9 Å². The van der Waals surface area contributed by atoms with Crippen LogP contribution < -0.4 is 0 Å². The van der Waals surface area contributed by atoms with Crippen molar-refractivity contribution in [1.82, 2.24) is 24.2 Å². The molecule has 1 aromatic carbocycles. The predicted molar refractivity (Wildman–Crippen MR) is 110 cm³/mol. The number of imidazole rings is 1. The van der Waals surface area contributed by atoms with Crippen LogP contribution in [-0.2, 0) is 17.9 Å². The summed E-state index contributed by atoms with van der Waals surface area (Å²) in [5.41, 5.74) is 2.19. The van der Waals surface area contributed by atoms with Gasteiger partial charge in [0, 0.05) is 38.4 Å². The Hall–Kier alpha value is -2.63. The van der Waals surface area contributed by atoms with Gasteiger partial charge in [0.05, 0.1) is 17.1 Å². The van der Waals surface area contributed by atoms with Gasteiger partial charge in [-0.05, 0) is 43.4 Å². The molecule has 0 unspecified atom stereocenters. The standard InChI is InChI=1S/C22H29N5O/c1-17(2)16-27-19-9-4-3-8-18(19)24-22(27)20-10-5-15-26(20)21(28)11-6-13-25-14-7-12-23-25/h3-4,7-9,12,14,17,20H,5-6,10-11,13,15-16H2,1-2H3/t20-/m0/s1. The largest absolute Gasteiger partial charge is 0.333 e. The Balaban J connectivity index is 1.53. The van der Waals surface area contributed by atoms with Gasteiger partial charge in [-0.3, -0.25) is 9.48 Å². The summed E-state index contributed by atoms with van der Waals surface area (Å²) in [6, 6.07) is 10.3. The Bertz CT molecular complexity index is 928. The first-order valence-corrected chi connectivity index (χ1v) is 10.4. The van der Waals surface area contributed by atoms with Gasteiger partial charge in [-0.15, -0.1) is 0 Å². The van der Waals surface area contributed by atoms with E-state index < -0.39 is 0 Å². The molecule has 1 saturated heterocycles. The molecule has 6 heteroatoms. The summed E-state index contributed by atoms with van der Waals surface area (Å²) in [5.74, 6) is 1.81. The van der Waals surface area contributed by atoms with E-state index in [4.69, 9.17) is 4.98 Å². The number of carbonyl (C=O) groups is 1. The summed E-state index contributed by atoms with van der Waals surface area (Å²) in [4.78, 5) is 20.0. The molecule has 28 heavy (non-hydrogen) atoms. The summed E-state index contributed by atoms with van der Waals surface area (Å²) in [6.07, 6.45) is 7.12. The van der Waals surface area contributed by atoms with Crippen LogP contribution in [0.3, 0.4) is 0 Å². The molecule has 0 spiro atoms. The topological polar surface area (TPSA) is 56.0 Å².